The van der Waals surface area contributed by atoms with Crippen LogP contribution >= 0.6 is 11.3 Å². The fourth-order valence-electron chi connectivity index (χ4n) is 6.46. The maximum atomic E-state index is 12.9. The fraction of sp³-hybridized carbons (Fsp3) is 0.545. The van der Waals surface area contributed by atoms with E-state index in [-0.39, 0.29) is 10.9 Å². The first-order valence-electron chi connectivity index (χ1n) is 15.9. The molecule has 3 aromatic heterocycles. The van der Waals surface area contributed by atoms with Crippen molar-refractivity contribution in [3.63, 3.8) is 0 Å². The normalized spacial score (nSPS) is 17.6. The molecule has 0 saturated carbocycles. The van der Waals surface area contributed by atoms with Crippen LogP contribution in [0.1, 0.15) is 55.3 Å². The molecule has 0 spiro atoms. The van der Waals surface area contributed by atoms with E-state index in [1.54, 1.807) is 6.07 Å². The van der Waals surface area contributed by atoms with Crippen molar-refractivity contribution in [3.05, 3.63) is 52.3 Å². The lowest BCUT2D eigenvalue weighted by Gasteiger charge is -2.33. The minimum absolute atomic E-state index is 0.189. The quantitative estimate of drug-likeness (QED) is 0.233. The zero-order chi connectivity index (χ0) is 32.1. The molecule has 0 bridgehead atoms. The number of piperidine rings is 1. The van der Waals surface area contributed by atoms with Crippen molar-refractivity contribution in [2.75, 3.05) is 44.6 Å². The van der Waals surface area contributed by atoms with Crippen LogP contribution in [0.15, 0.2) is 30.6 Å². The maximum Gasteiger partial charge on any atom is 0.393 e. The third-order valence-corrected chi connectivity index (χ3v) is 9.92. The van der Waals surface area contributed by atoms with Crippen molar-refractivity contribution in [2.45, 2.75) is 78.3 Å². The molecule has 2 saturated heterocycles. The van der Waals surface area contributed by atoms with Crippen molar-refractivity contribution in [3.8, 4) is 6.07 Å². The van der Waals surface area contributed by atoms with Gasteiger partial charge >= 0.3 is 6.18 Å². The molecule has 12 heteroatoms. The van der Waals surface area contributed by atoms with Gasteiger partial charge in [-0.1, -0.05) is 19.9 Å². The summed E-state index contributed by atoms with van der Waals surface area (Å²) in [7, 11) is 0. The van der Waals surface area contributed by atoms with Gasteiger partial charge in [0.2, 0.25) is 0 Å². The highest BCUT2D eigenvalue weighted by atomic mass is 32.1. The summed E-state index contributed by atoms with van der Waals surface area (Å²) in [5.41, 5.74) is 4.31. The van der Waals surface area contributed by atoms with E-state index in [1.165, 1.54) is 17.5 Å². The molecule has 0 aliphatic carbocycles. The Labute approximate surface area is 267 Å². The molecule has 6 rings (SSSR count). The topological polar surface area (TPSA) is 85.0 Å². The molecule has 1 aromatic carbocycles. The molecule has 1 atom stereocenters. The average Bonchev–Trinajstić information content (AvgIpc) is 3.61. The molecule has 1 unspecified atom stereocenters. The van der Waals surface area contributed by atoms with E-state index in [1.807, 2.05) is 19.9 Å². The van der Waals surface area contributed by atoms with Gasteiger partial charge in [0.25, 0.3) is 0 Å². The number of hydrogen-bond donors (Lipinski definition) is 2. The summed E-state index contributed by atoms with van der Waals surface area (Å²) >= 11 is 1.07. The van der Waals surface area contributed by atoms with E-state index >= 15 is 0 Å². The number of hydrogen-bond acceptors (Lipinski definition) is 8. The number of rotatable bonds is 8. The van der Waals surface area contributed by atoms with Gasteiger partial charge in [0, 0.05) is 80.2 Å². The number of piperazine rings is 1. The molecule has 0 radical (unpaired) electrons. The first-order valence-corrected chi connectivity index (χ1v) is 16.8. The largest absolute Gasteiger partial charge is 0.393 e. The Bertz CT molecular complexity index is 1620. The van der Waals surface area contributed by atoms with Crippen molar-refractivity contribution >= 4 is 38.3 Å². The molecule has 242 valence electrons. The highest BCUT2D eigenvalue weighted by molar-refractivity contribution is 7.18. The van der Waals surface area contributed by atoms with Crippen molar-refractivity contribution in [1.29, 1.82) is 5.26 Å². The molecule has 8 nitrogen and oxygen atoms in total. The lowest BCUT2D eigenvalue weighted by molar-refractivity contribution is -0.126. The number of thiophene rings is 1. The SMILES string of the molecule is CC.Cc1c(CN2CCC(Nc3ncnc4sc(CC(F)(F)F)cc34)CC2)ccc2c1cc(C#N)n2CC(C)N1CCNCC1. The number of nitriles is 1. The van der Waals surface area contributed by atoms with Gasteiger partial charge in [-0.3, -0.25) is 9.80 Å². The monoisotopic (exact) mass is 640 g/mol. The Morgan fingerprint density at radius 3 is 2.51 bits per heavy atom. The number of anilines is 1. The molecule has 2 N–H and O–H groups in total. The van der Waals surface area contributed by atoms with Crippen LogP contribution in [0.2, 0.25) is 0 Å². The van der Waals surface area contributed by atoms with Gasteiger partial charge in [0.1, 0.15) is 28.7 Å². The van der Waals surface area contributed by atoms with E-state index < -0.39 is 12.6 Å². The number of aromatic nitrogens is 3. The second-order valence-corrected chi connectivity index (χ2v) is 12.9. The first-order chi connectivity index (χ1) is 21.7. The minimum atomic E-state index is -4.25. The third kappa shape index (κ3) is 7.77. The molecule has 2 aliphatic rings. The molecule has 4 aromatic rings. The second kappa shape index (κ2) is 14.5. The van der Waals surface area contributed by atoms with E-state index in [2.05, 4.69) is 67.0 Å². The predicted molar refractivity (Wildman–Crippen MR) is 176 cm³/mol. The maximum absolute atomic E-state index is 12.9. The summed E-state index contributed by atoms with van der Waals surface area (Å²) in [6, 6.07) is 11.0. The zero-order valence-corrected chi connectivity index (χ0v) is 27.4. The summed E-state index contributed by atoms with van der Waals surface area (Å²) in [6.07, 6.45) is -1.96. The Morgan fingerprint density at radius 1 is 1.09 bits per heavy atom. The van der Waals surface area contributed by atoms with E-state index in [9.17, 15) is 18.4 Å². The summed E-state index contributed by atoms with van der Waals surface area (Å²) in [5, 5.41) is 18.6. The third-order valence-electron chi connectivity index (χ3n) is 8.88. The average molecular weight is 641 g/mol. The van der Waals surface area contributed by atoms with Gasteiger partial charge in [0.05, 0.1) is 11.8 Å². The van der Waals surface area contributed by atoms with Crippen molar-refractivity contribution < 1.29 is 13.2 Å². The number of aryl methyl sites for hydroxylation is 1. The van der Waals surface area contributed by atoms with Crippen molar-refractivity contribution in [1.82, 2.24) is 29.7 Å². The van der Waals surface area contributed by atoms with Crippen LogP contribution < -0.4 is 10.6 Å². The van der Waals surface area contributed by atoms with E-state index in [0.29, 0.717) is 27.8 Å². The number of nitrogens with one attached hydrogen (secondary N) is 2. The number of nitrogens with zero attached hydrogens (tertiary/aromatic N) is 6. The minimum Gasteiger partial charge on any atom is -0.367 e. The molecular weight excluding hydrogens is 597 g/mol. The summed E-state index contributed by atoms with van der Waals surface area (Å²) in [5.74, 6) is 0.610. The molecule has 0 amide bonds. The van der Waals surface area contributed by atoms with Crippen LogP contribution in [-0.2, 0) is 19.5 Å². The smallest absolute Gasteiger partial charge is 0.367 e. The summed E-state index contributed by atoms with van der Waals surface area (Å²) in [6.45, 7) is 15.9. The number of fused-ring (bicyclic) bond motifs is 2. The predicted octanol–water partition coefficient (Wildman–Crippen LogP) is 6.33. The van der Waals surface area contributed by atoms with Crippen LogP contribution in [0.25, 0.3) is 21.1 Å². The Hall–Kier alpha value is -3.24. The van der Waals surface area contributed by atoms with Crippen LogP contribution in [0, 0.1) is 18.3 Å². The van der Waals surface area contributed by atoms with Crippen LogP contribution in [0.3, 0.4) is 0 Å². The summed E-state index contributed by atoms with van der Waals surface area (Å²) < 4.78 is 40.9. The lowest BCUT2D eigenvalue weighted by atomic mass is 10.0. The lowest BCUT2D eigenvalue weighted by Crippen LogP contribution is -2.48. The molecular formula is C33H43F3N8S. The molecule has 2 aliphatic heterocycles. The molecule has 2 fully saturated rings. The van der Waals surface area contributed by atoms with Crippen molar-refractivity contribution in [2.24, 2.45) is 0 Å². The van der Waals surface area contributed by atoms with Gasteiger partial charge in [-0.2, -0.15) is 18.4 Å². The van der Waals surface area contributed by atoms with Gasteiger partial charge in [0.15, 0.2) is 0 Å². The standard InChI is InChI=1S/C31H37F3N8S.C2H6/c1-20(41-11-7-36-8-12-41)17-42-24(16-35)13-26-21(2)22(3-4-28(26)42)18-40-9-5-23(6-10-40)39-29-27-14-25(15-31(32,33)34)43-30(27)38-19-37-29;1-2/h3-4,13-14,19-20,23,36H,5-12,15,17-18H2,1-2H3,(H,37,38,39);1-2H3. The van der Waals surface area contributed by atoms with Crippen LogP contribution in [0.5, 0.6) is 0 Å². The van der Waals surface area contributed by atoms with E-state index in [0.717, 1.165) is 87.4 Å². The van der Waals surface area contributed by atoms with Gasteiger partial charge in [-0.05, 0) is 56.0 Å². The van der Waals surface area contributed by atoms with Gasteiger partial charge < -0.3 is 15.2 Å². The number of halogens is 3. The highest BCUT2D eigenvalue weighted by Crippen LogP contribution is 2.33. The zero-order valence-electron chi connectivity index (χ0n) is 26.5. The number of benzene rings is 1. The van der Waals surface area contributed by atoms with E-state index in [4.69, 9.17) is 0 Å². The molecule has 45 heavy (non-hydrogen) atoms. The Kier molecular flexibility index (Phi) is 10.6. The molecule has 5 heterocycles. The fourth-order valence-corrected chi connectivity index (χ4v) is 7.49. The van der Waals surface area contributed by atoms with Gasteiger partial charge in [-0.15, -0.1) is 11.3 Å². The second-order valence-electron chi connectivity index (χ2n) is 11.8. The van der Waals surface area contributed by atoms with Crippen LogP contribution in [-0.4, -0.2) is 81.9 Å². The van der Waals surface area contributed by atoms with Gasteiger partial charge in [-0.25, -0.2) is 9.97 Å². The summed E-state index contributed by atoms with van der Waals surface area (Å²) in [4.78, 5) is 14.3. The highest BCUT2D eigenvalue weighted by Gasteiger charge is 2.29. The Balaban J connectivity index is 0.00000196. The number of likely N-dealkylation sites (tertiary alicyclic amines) is 1. The Morgan fingerprint density at radius 2 is 1.82 bits per heavy atom. The van der Waals surface area contributed by atoms with Crippen LogP contribution in [0.4, 0.5) is 19.0 Å². The first kappa shape index (κ1) is 33.1. The number of alkyl halides is 3.